The fourth-order valence-electron chi connectivity index (χ4n) is 2.98. The van der Waals surface area contributed by atoms with Crippen molar-refractivity contribution in [2.24, 2.45) is 0 Å². The average molecular weight is 392 g/mol. The third kappa shape index (κ3) is 3.68. The van der Waals surface area contributed by atoms with Crippen LogP contribution in [0.1, 0.15) is 22.5 Å². The molecule has 3 heterocycles. The fraction of sp³-hybridized carbons (Fsp3) is 0.211. The van der Waals surface area contributed by atoms with Crippen LogP contribution in [0.3, 0.4) is 0 Å². The van der Waals surface area contributed by atoms with Crippen LogP contribution in [0.15, 0.2) is 58.4 Å². The highest BCUT2D eigenvalue weighted by Gasteiger charge is 2.17. The van der Waals surface area contributed by atoms with Crippen molar-refractivity contribution in [2.45, 2.75) is 24.7 Å². The number of rotatable bonds is 8. The Hall–Kier alpha value is -3.38. The lowest BCUT2D eigenvalue weighted by molar-refractivity contribution is 0.102. The molecular weight excluding hydrogens is 376 g/mol. The van der Waals surface area contributed by atoms with E-state index in [0.717, 1.165) is 16.7 Å². The zero-order chi connectivity index (χ0) is 19.3. The number of ketones is 1. The number of Topliss-reactive ketones (excluding diaryl/α,β-unsaturated/α-hetero) is 1. The molecule has 0 unspecified atom stereocenters. The molecule has 3 aromatic heterocycles. The highest BCUT2D eigenvalue weighted by Crippen LogP contribution is 2.24. The second-order valence-corrected chi connectivity index (χ2v) is 7.01. The Bertz CT molecular complexity index is 1140. The molecular formula is C19H16N6O2S. The second kappa shape index (κ2) is 8.10. The molecule has 28 heavy (non-hydrogen) atoms. The fourth-order valence-corrected chi connectivity index (χ4v) is 3.74. The van der Waals surface area contributed by atoms with Crippen LogP contribution in [0.25, 0.3) is 10.9 Å². The molecule has 0 fully saturated rings. The van der Waals surface area contributed by atoms with Crippen molar-refractivity contribution in [3.63, 3.8) is 0 Å². The van der Waals surface area contributed by atoms with Crippen LogP contribution in [0.4, 0.5) is 0 Å². The van der Waals surface area contributed by atoms with E-state index in [1.54, 1.807) is 17.0 Å². The number of para-hydroxylation sites is 1. The molecule has 0 atom stereocenters. The molecule has 4 rings (SSSR count). The van der Waals surface area contributed by atoms with Gasteiger partial charge in [-0.15, -0.1) is 5.10 Å². The summed E-state index contributed by atoms with van der Waals surface area (Å²) < 4.78 is 8.88. The van der Waals surface area contributed by atoms with Gasteiger partial charge in [-0.05, 0) is 28.6 Å². The summed E-state index contributed by atoms with van der Waals surface area (Å²) in [7, 11) is 0. The monoisotopic (exact) mass is 392 g/mol. The molecule has 0 aliphatic heterocycles. The molecule has 8 nitrogen and oxygen atoms in total. The van der Waals surface area contributed by atoms with Crippen LogP contribution < -0.4 is 0 Å². The van der Waals surface area contributed by atoms with Crippen LogP contribution in [0.2, 0.25) is 0 Å². The molecule has 0 saturated heterocycles. The van der Waals surface area contributed by atoms with Gasteiger partial charge in [0.05, 0.1) is 24.5 Å². The Labute approximate surface area is 164 Å². The first kappa shape index (κ1) is 18.0. The normalized spacial score (nSPS) is 11.0. The van der Waals surface area contributed by atoms with E-state index in [2.05, 4.69) is 21.6 Å². The Balaban J connectivity index is 1.51. The van der Waals surface area contributed by atoms with Gasteiger partial charge >= 0.3 is 0 Å². The Morgan fingerprint density at radius 1 is 1.25 bits per heavy atom. The number of hydrogen-bond acceptors (Lipinski definition) is 7. The largest absolute Gasteiger partial charge is 0.467 e. The topological polar surface area (TPSA) is 103 Å². The number of aromatic nitrogens is 5. The number of aryl methyl sites for hydroxylation is 1. The summed E-state index contributed by atoms with van der Waals surface area (Å²) >= 11 is 1.29. The van der Waals surface area contributed by atoms with Crippen LogP contribution in [0.5, 0.6) is 0 Å². The molecule has 0 radical (unpaired) electrons. The van der Waals surface area contributed by atoms with E-state index in [1.165, 1.54) is 11.8 Å². The van der Waals surface area contributed by atoms with Crippen molar-refractivity contribution in [3.05, 3.63) is 60.2 Å². The minimum atomic E-state index is -0.00976. The van der Waals surface area contributed by atoms with E-state index >= 15 is 0 Å². The van der Waals surface area contributed by atoms with Gasteiger partial charge in [-0.2, -0.15) is 5.26 Å². The lowest BCUT2D eigenvalue weighted by Crippen LogP contribution is -2.06. The SMILES string of the molecule is N#CCCn1cc(C(=O)CSc2nnnn2Cc2ccco2)c2ccccc21. The number of thioether (sulfide) groups is 1. The summed E-state index contributed by atoms with van der Waals surface area (Å²) in [5.74, 6) is 0.940. The number of tetrazole rings is 1. The van der Waals surface area contributed by atoms with Crippen molar-refractivity contribution in [3.8, 4) is 6.07 Å². The zero-order valence-corrected chi connectivity index (χ0v) is 15.7. The molecule has 0 amide bonds. The highest BCUT2D eigenvalue weighted by atomic mass is 32.2. The molecule has 1 aromatic carbocycles. The van der Waals surface area contributed by atoms with Gasteiger partial charge in [0.25, 0.3) is 0 Å². The first-order valence-corrected chi connectivity index (χ1v) is 9.64. The first-order chi connectivity index (χ1) is 13.8. The van der Waals surface area contributed by atoms with Crippen LogP contribution in [-0.4, -0.2) is 36.3 Å². The van der Waals surface area contributed by atoms with Crippen molar-refractivity contribution in [1.82, 2.24) is 24.8 Å². The van der Waals surface area contributed by atoms with Crippen LogP contribution in [0, 0.1) is 11.3 Å². The van der Waals surface area contributed by atoms with Gasteiger partial charge in [0.2, 0.25) is 5.16 Å². The van der Waals surface area contributed by atoms with Crippen LogP contribution in [-0.2, 0) is 13.1 Å². The molecule has 9 heteroatoms. The smallest absolute Gasteiger partial charge is 0.210 e. The number of furan rings is 1. The maximum atomic E-state index is 12.9. The second-order valence-electron chi connectivity index (χ2n) is 6.07. The minimum Gasteiger partial charge on any atom is -0.467 e. The van der Waals surface area contributed by atoms with E-state index in [0.29, 0.717) is 30.2 Å². The van der Waals surface area contributed by atoms with Gasteiger partial charge in [-0.1, -0.05) is 30.0 Å². The van der Waals surface area contributed by atoms with Gasteiger partial charge in [0.1, 0.15) is 12.3 Å². The Kier molecular flexibility index (Phi) is 5.21. The summed E-state index contributed by atoms with van der Waals surface area (Å²) in [6.07, 6.45) is 3.82. The maximum absolute atomic E-state index is 12.9. The average Bonchev–Trinajstić information content (AvgIpc) is 3.45. The minimum absolute atomic E-state index is 0.00976. The van der Waals surface area contributed by atoms with E-state index in [9.17, 15) is 4.79 Å². The van der Waals surface area contributed by atoms with Crippen molar-refractivity contribution >= 4 is 28.4 Å². The van der Waals surface area contributed by atoms with E-state index in [4.69, 9.17) is 9.68 Å². The molecule has 0 bridgehead atoms. The summed E-state index contributed by atoms with van der Waals surface area (Å²) in [5, 5.41) is 22.0. The predicted molar refractivity (Wildman–Crippen MR) is 103 cm³/mol. The molecule has 0 N–H and O–H groups in total. The number of nitriles is 1. The number of benzene rings is 1. The van der Waals surface area contributed by atoms with E-state index < -0.39 is 0 Å². The Morgan fingerprint density at radius 3 is 2.96 bits per heavy atom. The molecule has 0 aliphatic rings. The van der Waals surface area contributed by atoms with Crippen LogP contribution >= 0.6 is 11.8 Å². The van der Waals surface area contributed by atoms with Gasteiger partial charge in [0, 0.05) is 29.2 Å². The van der Waals surface area contributed by atoms with Gasteiger partial charge < -0.3 is 8.98 Å². The quantitative estimate of drug-likeness (QED) is 0.335. The summed E-state index contributed by atoms with van der Waals surface area (Å²) in [6.45, 7) is 0.961. The number of fused-ring (bicyclic) bond motifs is 1. The van der Waals surface area contributed by atoms with E-state index in [-0.39, 0.29) is 11.5 Å². The lowest BCUT2D eigenvalue weighted by Gasteiger charge is -2.02. The third-order valence-corrected chi connectivity index (χ3v) is 5.23. The highest BCUT2D eigenvalue weighted by molar-refractivity contribution is 7.99. The van der Waals surface area contributed by atoms with Crippen molar-refractivity contribution in [2.75, 3.05) is 5.75 Å². The lowest BCUT2D eigenvalue weighted by atomic mass is 10.1. The standard InChI is InChI=1S/C19H16N6O2S/c20-8-4-9-24-12-16(15-6-1-2-7-17(15)24)18(26)13-28-19-21-22-23-25(19)11-14-5-3-10-27-14/h1-3,5-7,10,12H,4,9,11,13H2. The van der Waals surface area contributed by atoms with Gasteiger partial charge in [-0.25, -0.2) is 4.68 Å². The molecule has 0 aliphatic carbocycles. The number of hydrogen-bond donors (Lipinski definition) is 0. The molecule has 140 valence electrons. The molecule has 4 aromatic rings. The number of carbonyl (C=O) groups excluding carboxylic acids is 1. The summed E-state index contributed by atoms with van der Waals surface area (Å²) in [4.78, 5) is 12.9. The summed E-state index contributed by atoms with van der Waals surface area (Å²) in [6, 6.07) is 13.5. The number of carbonyl (C=O) groups is 1. The zero-order valence-electron chi connectivity index (χ0n) is 14.9. The van der Waals surface area contributed by atoms with Gasteiger partial charge in [0.15, 0.2) is 5.78 Å². The third-order valence-electron chi connectivity index (χ3n) is 4.27. The molecule has 0 spiro atoms. The number of nitrogens with zero attached hydrogens (tertiary/aromatic N) is 6. The Morgan fingerprint density at radius 2 is 2.14 bits per heavy atom. The van der Waals surface area contributed by atoms with E-state index in [1.807, 2.05) is 41.1 Å². The van der Waals surface area contributed by atoms with Gasteiger partial charge in [-0.3, -0.25) is 4.79 Å². The predicted octanol–water partition coefficient (Wildman–Crippen LogP) is 3.16. The maximum Gasteiger partial charge on any atom is 0.210 e. The van der Waals surface area contributed by atoms with Crippen molar-refractivity contribution < 1.29 is 9.21 Å². The summed E-state index contributed by atoms with van der Waals surface area (Å²) in [5.41, 5.74) is 1.60. The van der Waals surface area contributed by atoms with Crippen molar-refractivity contribution in [1.29, 1.82) is 5.26 Å². The molecule has 0 saturated carbocycles. The first-order valence-electron chi connectivity index (χ1n) is 8.65.